The van der Waals surface area contributed by atoms with E-state index in [4.69, 9.17) is 14.2 Å². The molecule has 0 saturated carbocycles. The molecule has 1 aliphatic rings. The Bertz CT molecular complexity index is 875. The second-order valence-corrected chi connectivity index (χ2v) is 7.58. The van der Waals surface area contributed by atoms with E-state index in [0.717, 1.165) is 19.3 Å². The van der Waals surface area contributed by atoms with Gasteiger partial charge in [-0.3, -0.25) is 0 Å². The van der Waals surface area contributed by atoms with Crippen LogP contribution in [0.1, 0.15) is 73.5 Å². The molecule has 31 heavy (non-hydrogen) atoms. The molecule has 1 fully saturated rings. The van der Waals surface area contributed by atoms with Gasteiger partial charge in [-0.1, -0.05) is 19.4 Å². The standard InChI is InChI=1S/C24H27F3O4/c1-3-5-15-6-13-20(30-14-15)18-11-12-19(21(22(18)25)23(26)27)24(28)31-17-9-7-16(8-10-17)29-4-2/h7-12,15,20,23H,3-6,13-14H2,1-2H3. The Hall–Kier alpha value is -2.54. The molecule has 4 nitrogen and oxygen atoms in total. The first-order valence-corrected chi connectivity index (χ1v) is 10.6. The Morgan fingerprint density at radius 2 is 1.81 bits per heavy atom. The summed E-state index contributed by atoms with van der Waals surface area (Å²) in [6.07, 6.45) is -0.299. The van der Waals surface area contributed by atoms with Crippen LogP contribution in [0.4, 0.5) is 13.2 Å². The minimum atomic E-state index is -3.17. The third-order valence-electron chi connectivity index (χ3n) is 5.41. The van der Waals surface area contributed by atoms with Crippen LogP contribution in [0.2, 0.25) is 0 Å². The van der Waals surface area contributed by atoms with E-state index in [2.05, 4.69) is 6.92 Å². The average molecular weight is 436 g/mol. The van der Waals surface area contributed by atoms with Crippen LogP contribution >= 0.6 is 0 Å². The van der Waals surface area contributed by atoms with E-state index < -0.39 is 35.4 Å². The average Bonchev–Trinajstić information content (AvgIpc) is 2.75. The number of carbonyl (C=O) groups excluding carboxylic acids is 1. The lowest BCUT2D eigenvalue weighted by atomic mass is 9.90. The van der Waals surface area contributed by atoms with Gasteiger partial charge >= 0.3 is 5.97 Å². The van der Waals surface area contributed by atoms with Crippen molar-refractivity contribution >= 4 is 5.97 Å². The van der Waals surface area contributed by atoms with E-state index >= 15 is 4.39 Å². The van der Waals surface area contributed by atoms with E-state index in [1.807, 2.05) is 6.92 Å². The summed E-state index contributed by atoms with van der Waals surface area (Å²) in [5, 5.41) is 0. The lowest BCUT2D eigenvalue weighted by Gasteiger charge is -2.30. The van der Waals surface area contributed by atoms with Gasteiger partial charge in [-0.05, 0) is 62.4 Å². The fourth-order valence-corrected chi connectivity index (χ4v) is 3.87. The van der Waals surface area contributed by atoms with Crippen molar-refractivity contribution in [2.45, 2.75) is 52.1 Å². The van der Waals surface area contributed by atoms with Gasteiger partial charge in [0.25, 0.3) is 6.43 Å². The number of ether oxygens (including phenoxy) is 3. The Morgan fingerprint density at radius 3 is 2.39 bits per heavy atom. The van der Waals surface area contributed by atoms with Crippen molar-refractivity contribution in [1.82, 2.24) is 0 Å². The highest BCUT2D eigenvalue weighted by molar-refractivity contribution is 5.93. The summed E-state index contributed by atoms with van der Waals surface area (Å²) in [5.74, 6) is -1.01. The zero-order valence-electron chi connectivity index (χ0n) is 17.7. The highest BCUT2D eigenvalue weighted by Gasteiger charge is 2.31. The maximum absolute atomic E-state index is 15.1. The molecule has 3 rings (SSSR count). The van der Waals surface area contributed by atoms with Gasteiger partial charge in [0, 0.05) is 5.56 Å². The molecule has 0 N–H and O–H groups in total. The van der Waals surface area contributed by atoms with Crippen LogP contribution in [0.15, 0.2) is 36.4 Å². The molecule has 7 heteroatoms. The molecule has 0 aromatic heterocycles. The van der Waals surface area contributed by atoms with E-state index in [0.29, 0.717) is 31.3 Å². The minimum Gasteiger partial charge on any atom is -0.494 e. The highest BCUT2D eigenvalue weighted by Crippen LogP contribution is 2.37. The van der Waals surface area contributed by atoms with Crippen molar-refractivity contribution in [3.05, 3.63) is 58.9 Å². The number of rotatable bonds is 8. The zero-order chi connectivity index (χ0) is 22.4. The van der Waals surface area contributed by atoms with E-state index in [9.17, 15) is 13.6 Å². The van der Waals surface area contributed by atoms with Gasteiger partial charge in [0.05, 0.1) is 30.4 Å². The van der Waals surface area contributed by atoms with Gasteiger partial charge in [0.2, 0.25) is 0 Å². The van der Waals surface area contributed by atoms with Gasteiger partial charge in [0.15, 0.2) is 0 Å². The van der Waals surface area contributed by atoms with Crippen molar-refractivity contribution < 1.29 is 32.2 Å². The molecule has 0 aliphatic carbocycles. The summed E-state index contributed by atoms with van der Waals surface area (Å²) >= 11 is 0. The minimum absolute atomic E-state index is 0.0582. The molecule has 2 aromatic rings. The number of esters is 1. The predicted octanol–water partition coefficient (Wildman–Crippen LogP) is 6.65. The van der Waals surface area contributed by atoms with Crippen LogP contribution in [0.5, 0.6) is 11.5 Å². The fraction of sp³-hybridized carbons (Fsp3) is 0.458. The summed E-state index contributed by atoms with van der Waals surface area (Å²) < 4.78 is 58.8. The SMILES string of the molecule is CCCC1CCC(c2ccc(C(=O)Oc3ccc(OCC)cc3)c(C(F)F)c2F)OC1. The van der Waals surface area contributed by atoms with Crippen molar-refractivity contribution in [2.24, 2.45) is 5.92 Å². The molecule has 1 aliphatic heterocycles. The number of hydrogen-bond donors (Lipinski definition) is 0. The third-order valence-corrected chi connectivity index (χ3v) is 5.41. The molecular weight excluding hydrogens is 409 g/mol. The Morgan fingerprint density at radius 1 is 1.10 bits per heavy atom. The van der Waals surface area contributed by atoms with Crippen LogP contribution in [0.3, 0.4) is 0 Å². The van der Waals surface area contributed by atoms with Gasteiger partial charge < -0.3 is 14.2 Å². The quantitative estimate of drug-likeness (QED) is 0.343. The van der Waals surface area contributed by atoms with E-state index in [1.165, 1.54) is 24.3 Å². The summed E-state index contributed by atoms with van der Waals surface area (Å²) in [7, 11) is 0. The lowest BCUT2D eigenvalue weighted by molar-refractivity contribution is -0.0215. The number of carbonyl (C=O) groups is 1. The molecule has 2 atom stereocenters. The van der Waals surface area contributed by atoms with Crippen LogP contribution in [-0.2, 0) is 4.74 Å². The molecule has 1 saturated heterocycles. The molecule has 1 heterocycles. The first-order valence-electron chi connectivity index (χ1n) is 10.6. The number of benzene rings is 2. The number of hydrogen-bond acceptors (Lipinski definition) is 4. The largest absolute Gasteiger partial charge is 0.494 e. The molecule has 0 bridgehead atoms. The van der Waals surface area contributed by atoms with Crippen LogP contribution in [0, 0.1) is 11.7 Å². The molecule has 0 amide bonds. The highest BCUT2D eigenvalue weighted by atomic mass is 19.3. The van der Waals surface area contributed by atoms with Gasteiger partial charge in [-0.2, -0.15) is 0 Å². The van der Waals surface area contributed by atoms with Gasteiger partial charge in [-0.15, -0.1) is 0 Å². The predicted molar refractivity (Wildman–Crippen MR) is 110 cm³/mol. The first-order chi connectivity index (χ1) is 14.9. The molecular formula is C24H27F3O4. The van der Waals surface area contributed by atoms with Crippen LogP contribution < -0.4 is 9.47 Å². The molecule has 0 spiro atoms. The summed E-state index contributed by atoms with van der Waals surface area (Å²) in [6.45, 7) is 4.88. The summed E-state index contributed by atoms with van der Waals surface area (Å²) in [5.41, 5.74) is -1.39. The zero-order valence-corrected chi connectivity index (χ0v) is 17.7. The second-order valence-electron chi connectivity index (χ2n) is 7.58. The Kier molecular flexibility index (Phi) is 7.96. The Balaban J connectivity index is 1.79. The number of alkyl halides is 2. The summed E-state index contributed by atoms with van der Waals surface area (Å²) in [4.78, 5) is 12.5. The lowest BCUT2D eigenvalue weighted by Crippen LogP contribution is -2.22. The second kappa shape index (κ2) is 10.7. The monoisotopic (exact) mass is 436 g/mol. The van der Waals surface area contributed by atoms with Crippen LogP contribution in [0.25, 0.3) is 0 Å². The first kappa shape index (κ1) is 23.1. The molecule has 2 aromatic carbocycles. The Labute approximate surface area is 180 Å². The van der Waals surface area contributed by atoms with Crippen LogP contribution in [-0.4, -0.2) is 19.2 Å². The van der Waals surface area contributed by atoms with Crippen molar-refractivity contribution in [2.75, 3.05) is 13.2 Å². The molecule has 2 unspecified atom stereocenters. The van der Waals surface area contributed by atoms with E-state index in [-0.39, 0.29) is 11.3 Å². The molecule has 0 radical (unpaired) electrons. The third kappa shape index (κ3) is 5.58. The number of halogens is 3. The van der Waals surface area contributed by atoms with Gasteiger partial charge in [-0.25, -0.2) is 18.0 Å². The topological polar surface area (TPSA) is 44.8 Å². The summed E-state index contributed by atoms with van der Waals surface area (Å²) in [6, 6.07) is 8.70. The molecule has 168 valence electrons. The fourth-order valence-electron chi connectivity index (χ4n) is 3.87. The smallest absolute Gasteiger partial charge is 0.344 e. The maximum atomic E-state index is 15.1. The van der Waals surface area contributed by atoms with Crippen molar-refractivity contribution in [1.29, 1.82) is 0 Å². The van der Waals surface area contributed by atoms with E-state index in [1.54, 1.807) is 12.1 Å². The van der Waals surface area contributed by atoms with Crippen molar-refractivity contribution in [3.8, 4) is 11.5 Å². The normalized spacial score (nSPS) is 18.8. The van der Waals surface area contributed by atoms with Crippen molar-refractivity contribution in [3.63, 3.8) is 0 Å². The van der Waals surface area contributed by atoms with Gasteiger partial charge in [0.1, 0.15) is 17.3 Å². The maximum Gasteiger partial charge on any atom is 0.344 e.